The van der Waals surface area contributed by atoms with Gasteiger partial charge in [-0.25, -0.2) is 9.50 Å². The van der Waals surface area contributed by atoms with E-state index < -0.39 is 0 Å². The van der Waals surface area contributed by atoms with Crippen molar-refractivity contribution in [2.24, 2.45) is 0 Å². The van der Waals surface area contributed by atoms with Crippen LogP contribution in [0.5, 0.6) is 0 Å². The van der Waals surface area contributed by atoms with Gasteiger partial charge in [0.2, 0.25) is 5.91 Å². The van der Waals surface area contributed by atoms with Gasteiger partial charge in [-0.2, -0.15) is 5.10 Å². The van der Waals surface area contributed by atoms with Crippen molar-refractivity contribution < 1.29 is 4.79 Å². The predicted molar refractivity (Wildman–Crippen MR) is 126 cm³/mol. The van der Waals surface area contributed by atoms with Crippen molar-refractivity contribution in [1.29, 1.82) is 0 Å². The zero-order chi connectivity index (χ0) is 22.2. The minimum atomic E-state index is 0.146. The molecule has 2 aromatic heterocycles. The molecule has 32 heavy (non-hydrogen) atoms. The van der Waals surface area contributed by atoms with E-state index in [0.29, 0.717) is 24.8 Å². The third-order valence-corrected chi connectivity index (χ3v) is 6.91. The number of nitrogens with one attached hydrogen (secondary N) is 1. The number of hydrogen-bond donors (Lipinski definition) is 1. The standard InChI is InChI=1S/C26H33N5O/c1-17-5-4-6-20(13-17)15-30-12-11-21(16-30)24-14-25-27-18(2)23(19(3)31(25)29-24)9-10-26(32)28-22-7-8-22/h4-6,13-14,21-22H,7-12,15-16H2,1-3H3,(H,28,32)/t21-/m0/s1. The first-order chi connectivity index (χ1) is 15.5. The van der Waals surface area contributed by atoms with E-state index in [-0.39, 0.29) is 5.91 Å². The number of nitrogens with zero attached hydrogens (tertiary/aromatic N) is 4. The molecule has 1 N–H and O–H groups in total. The van der Waals surface area contributed by atoms with Crippen molar-refractivity contribution in [3.8, 4) is 0 Å². The summed E-state index contributed by atoms with van der Waals surface area (Å²) in [5.41, 5.74) is 8.00. The lowest BCUT2D eigenvalue weighted by Gasteiger charge is -2.15. The van der Waals surface area contributed by atoms with E-state index in [4.69, 9.17) is 10.1 Å². The van der Waals surface area contributed by atoms with E-state index >= 15 is 0 Å². The molecule has 3 aromatic rings. The van der Waals surface area contributed by atoms with Gasteiger partial charge in [0.05, 0.1) is 5.69 Å². The maximum atomic E-state index is 12.2. The SMILES string of the molecule is Cc1cccc(CN2CC[C@H](c3cc4nc(C)c(CCC(=O)NC5CC5)c(C)n4n3)C2)c1. The van der Waals surface area contributed by atoms with Crippen LogP contribution in [-0.4, -0.2) is 44.5 Å². The molecular weight excluding hydrogens is 398 g/mol. The van der Waals surface area contributed by atoms with Gasteiger partial charge in [0.1, 0.15) is 0 Å². The van der Waals surface area contributed by atoms with E-state index in [9.17, 15) is 4.79 Å². The molecule has 1 saturated heterocycles. The van der Waals surface area contributed by atoms with Gasteiger partial charge in [0.15, 0.2) is 5.65 Å². The lowest BCUT2D eigenvalue weighted by atomic mass is 10.1. The second-order valence-electron chi connectivity index (χ2n) is 9.65. The van der Waals surface area contributed by atoms with Gasteiger partial charge in [0, 0.05) is 48.9 Å². The van der Waals surface area contributed by atoms with Gasteiger partial charge in [-0.3, -0.25) is 9.69 Å². The average Bonchev–Trinajstić information content (AvgIpc) is 3.26. The van der Waals surface area contributed by atoms with Crippen molar-refractivity contribution >= 4 is 11.6 Å². The Hall–Kier alpha value is -2.73. The van der Waals surface area contributed by atoms with E-state index in [1.54, 1.807) is 0 Å². The fraction of sp³-hybridized carbons (Fsp3) is 0.500. The Bertz CT molecular complexity index is 1150. The number of aromatic nitrogens is 3. The first-order valence-electron chi connectivity index (χ1n) is 11.9. The van der Waals surface area contributed by atoms with Gasteiger partial charge in [0.25, 0.3) is 0 Å². The summed E-state index contributed by atoms with van der Waals surface area (Å²) in [4.78, 5) is 19.5. The minimum absolute atomic E-state index is 0.146. The highest BCUT2D eigenvalue weighted by Gasteiger charge is 2.27. The summed E-state index contributed by atoms with van der Waals surface area (Å²) < 4.78 is 1.99. The Kier molecular flexibility index (Phi) is 5.72. The van der Waals surface area contributed by atoms with Crippen LogP contribution in [0.1, 0.15) is 65.4 Å². The summed E-state index contributed by atoms with van der Waals surface area (Å²) in [5, 5.41) is 8.04. The van der Waals surface area contributed by atoms with Gasteiger partial charge >= 0.3 is 0 Å². The molecule has 3 heterocycles. The van der Waals surface area contributed by atoms with Gasteiger partial charge in [-0.1, -0.05) is 29.8 Å². The summed E-state index contributed by atoms with van der Waals surface area (Å²) in [6, 6.07) is 11.4. The number of fused-ring (bicyclic) bond motifs is 1. The second-order valence-corrected chi connectivity index (χ2v) is 9.65. The molecule has 6 nitrogen and oxygen atoms in total. The zero-order valence-corrected chi connectivity index (χ0v) is 19.4. The summed E-state index contributed by atoms with van der Waals surface area (Å²) in [5.74, 6) is 0.584. The molecule has 0 bridgehead atoms. The number of rotatable bonds is 7. The van der Waals surface area contributed by atoms with Crippen LogP contribution < -0.4 is 5.32 Å². The molecule has 0 unspecified atom stereocenters. The van der Waals surface area contributed by atoms with Gasteiger partial charge in [-0.15, -0.1) is 0 Å². The highest BCUT2D eigenvalue weighted by Crippen LogP contribution is 2.29. The molecule has 2 aliphatic rings. The third-order valence-electron chi connectivity index (χ3n) is 6.91. The molecule has 1 aliphatic heterocycles. The van der Waals surface area contributed by atoms with Crippen LogP contribution in [0.3, 0.4) is 0 Å². The number of likely N-dealkylation sites (tertiary alicyclic amines) is 1. The Morgan fingerprint density at radius 1 is 1.16 bits per heavy atom. The summed E-state index contributed by atoms with van der Waals surface area (Å²) >= 11 is 0. The van der Waals surface area contributed by atoms with Crippen molar-refractivity contribution in [2.75, 3.05) is 13.1 Å². The van der Waals surface area contributed by atoms with Crippen LogP contribution in [0.4, 0.5) is 0 Å². The highest BCUT2D eigenvalue weighted by atomic mass is 16.1. The molecule has 1 atom stereocenters. The van der Waals surface area contributed by atoms with E-state index in [2.05, 4.69) is 54.4 Å². The summed E-state index contributed by atoms with van der Waals surface area (Å²) in [6.45, 7) is 9.43. The van der Waals surface area contributed by atoms with Crippen LogP contribution >= 0.6 is 0 Å². The fourth-order valence-electron chi connectivity index (χ4n) is 4.96. The predicted octanol–water partition coefficient (Wildman–Crippen LogP) is 3.86. The molecule has 6 heteroatoms. The van der Waals surface area contributed by atoms with E-state index in [1.807, 2.05) is 11.4 Å². The molecule has 0 spiro atoms. The number of carbonyl (C=O) groups is 1. The van der Waals surface area contributed by atoms with Crippen LogP contribution in [0.2, 0.25) is 0 Å². The molecular formula is C26H33N5O. The molecule has 1 saturated carbocycles. The summed E-state index contributed by atoms with van der Waals surface area (Å²) in [7, 11) is 0. The quantitative estimate of drug-likeness (QED) is 0.617. The normalized spacial score (nSPS) is 19.0. The van der Waals surface area contributed by atoms with Gasteiger partial charge < -0.3 is 5.32 Å². The van der Waals surface area contributed by atoms with Crippen molar-refractivity contribution in [1.82, 2.24) is 24.8 Å². The first kappa shape index (κ1) is 21.1. The van der Waals surface area contributed by atoms with Crippen LogP contribution in [0.25, 0.3) is 5.65 Å². The van der Waals surface area contributed by atoms with Crippen LogP contribution in [0, 0.1) is 20.8 Å². The lowest BCUT2D eigenvalue weighted by molar-refractivity contribution is -0.121. The molecule has 1 aliphatic carbocycles. The second kappa shape index (κ2) is 8.66. The van der Waals surface area contributed by atoms with Crippen LogP contribution in [0.15, 0.2) is 30.3 Å². The molecule has 1 aromatic carbocycles. The maximum absolute atomic E-state index is 12.2. The van der Waals surface area contributed by atoms with E-state index in [0.717, 1.165) is 67.2 Å². The molecule has 2 fully saturated rings. The average molecular weight is 432 g/mol. The largest absolute Gasteiger partial charge is 0.353 e. The van der Waals surface area contributed by atoms with E-state index in [1.165, 1.54) is 11.1 Å². The lowest BCUT2D eigenvalue weighted by Crippen LogP contribution is -2.25. The van der Waals surface area contributed by atoms with Crippen LogP contribution in [-0.2, 0) is 17.8 Å². The Labute approximate surface area is 190 Å². The maximum Gasteiger partial charge on any atom is 0.220 e. The zero-order valence-electron chi connectivity index (χ0n) is 19.4. The summed E-state index contributed by atoms with van der Waals surface area (Å²) in [6.07, 6.45) is 4.59. The highest BCUT2D eigenvalue weighted by molar-refractivity contribution is 5.76. The Morgan fingerprint density at radius 2 is 2.00 bits per heavy atom. The topological polar surface area (TPSA) is 62.5 Å². The molecule has 1 amide bonds. The third kappa shape index (κ3) is 4.56. The Morgan fingerprint density at radius 3 is 2.78 bits per heavy atom. The smallest absolute Gasteiger partial charge is 0.220 e. The first-order valence-corrected chi connectivity index (χ1v) is 11.9. The van der Waals surface area contributed by atoms with Crippen molar-refractivity contribution in [3.05, 3.63) is 64.1 Å². The number of hydrogen-bond acceptors (Lipinski definition) is 4. The minimum Gasteiger partial charge on any atom is -0.353 e. The monoisotopic (exact) mass is 431 g/mol. The fourth-order valence-corrected chi connectivity index (χ4v) is 4.96. The molecule has 5 rings (SSSR count). The van der Waals surface area contributed by atoms with Gasteiger partial charge in [-0.05, 0) is 64.1 Å². The number of carbonyl (C=O) groups excluding carboxylic acids is 1. The molecule has 168 valence electrons. The van der Waals surface area contributed by atoms with Crippen molar-refractivity contribution in [2.45, 2.75) is 71.4 Å². The number of aryl methyl sites for hydroxylation is 3. The molecule has 0 radical (unpaired) electrons. The number of amides is 1. The number of benzene rings is 1. The van der Waals surface area contributed by atoms with Crippen molar-refractivity contribution in [3.63, 3.8) is 0 Å². The Balaban J connectivity index is 1.29.